The van der Waals surface area contributed by atoms with Crippen LogP contribution >= 0.6 is 0 Å². The van der Waals surface area contributed by atoms with Crippen molar-refractivity contribution in [3.8, 4) is 0 Å². The van der Waals surface area contributed by atoms with Crippen LogP contribution < -0.4 is 5.32 Å². The highest BCUT2D eigenvalue weighted by Gasteiger charge is 2.12. The van der Waals surface area contributed by atoms with E-state index in [-0.39, 0.29) is 6.04 Å². The first-order valence-corrected chi connectivity index (χ1v) is 6.78. The van der Waals surface area contributed by atoms with Gasteiger partial charge in [0.1, 0.15) is 11.6 Å². The van der Waals surface area contributed by atoms with E-state index in [1.54, 1.807) is 0 Å². The molecule has 0 saturated carbocycles. The highest BCUT2D eigenvalue weighted by atomic mass is 15.3. The Morgan fingerprint density at radius 3 is 2.37 bits per heavy atom. The molecule has 4 heteroatoms. The van der Waals surface area contributed by atoms with Gasteiger partial charge in [-0.25, -0.2) is 9.67 Å². The lowest BCUT2D eigenvalue weighted by molar-refractivity contribution is 0.458. The first kappa shape index (κ1) is 13.7. The van der Waals surface area contributed by atoms with E-state index in [4.69, 9.17) is 0 Å². The van der Waals surface area contributed by atoms with Crippen molar-refractivity contribution < 1.29 is 0 Å². The average molecular weight is 258 g/mol. The molecule has 1 N–H and O–H groups in total. The minimum absolute atomic E-state index is 0.255. The summed E-state index contributed by atoms with van der Waals surface area (Å²) in [7, 11) is 1.98. The van der Waals surface area contributed by atoms with E-state index in [9.17, 15) is 0 Å². The van der Waals surface area contributed by atoms with Gasteiger partial charge in [0.25, 0.3) is 0 Å². The summed E-state index contributed by atoms with van der Waals surface area (Å²) in [6, 6.07) is 9.03. The summed E-state index contributed by atoms with van der Waals surface area (Å²) in [6.07, 6.45) is 1.08. The fourth-order valence-corrected chi connectivity index (χ4v) is 2.26. The van der Waals surface area contributed by atoms with Gasteiger partial charge in [0.2, 0.25) is 0 Å². The zero-order valence-electron chi connectivity index (χ0n) is 12.1. The molecule has 1 atom stereocenters. The molecule has 4 nitrogen and oxygen atoms in total. The predicted octanol–water partition coefficient (Wildman–Crippen LogP) is 2.42. The van der Waals surface area contributed by atoms with E-state index >= 15 is 0 Å². The second kappa shape index (κ2) is 5.97. The molecule has 1 aromatic carbocycles. The summed E-state index contributed by atoms with van der Waals surface area (Å²) in [5.74, 6) is 1.79. The Kier molecular flexibility index (Phi) is 4.32. The molecule has 2 aromatic rings. The lowest BCUT2D eigenvalue weighted by atomic mass is 10.0. The van der Waals surface area contributed by atoms with Gasteiger partial charge in [0.05, 0.1) is 12.6 Å². The van der Waals surface area contributed by atoms with Crippen LogP contribution in [0.2, 0.25) is 0 Å². The Bertz CT molecular complexity index is 528. The Morgan fingerprint density at radius 1 is 1.21 bits per heavy atom. The van der Waals surface area contributed by atoms with E-state index in [0.717, 1.165) is 24.6 Å². The smallest absolute Gasteiger partial charge is 0.147 e. The Balaban J connectivity index is 2.17. The number of rotatable bonds is 5. The summed E-state index contributed by atoms with van der Waals surface area (Å²) < 4.78 is 1.96. The van der Waals surface area contributed by atoms with E-state index in [1.165, 1.54) is 11.1 Å². The van der Waals surface area contributed by atoms with Crippen molar-refractivity contribution in [3.63, 3.8) is 0 Å². The van der Waals surface area contributed by atoms with Crippen molar-refractivity contribution in [2.75, 3.05) is 7.05 Å². The molecule has 0 aliphatic carbocycles. The molecule has 1 aromatic heterocycles. The standard InChI is InChI=1S/C15H22N4/c1-5-13-6-8-14(9-7-13)15(16-4)10-19-12(3)17-11(2)18-19/h6-9,15-16H,5,10H2,1-4H3. The molecule has 0 radical (unpaired) electrons. The minimum atomic E-state index is 0.255. The van der Waals surface area contributed by atoms with E-state index in [0.29, 0.717) is 0 Å². The van der Waals surface area contributed by atoms with Crippen molar-refractivity contribution in [2.24, 2.45) is 0 Å². The van der Waals surface area contributed by atoms with Crippen LogP contribution in [0.5, 0.6) is 0 Å². The van der Waals surface area contributed by atoms with Crippen molar-refractivity contribution in [3.05, 3.63) is 47.0 Å². The summed E-state index contributed by atoms with van der Waals surface area (Å²) in [4.78, 5) is 4.34. The number of benzene rings is 1. The number of aryl methyl sites for hydroxylation is 3. The number of likely N-dealkylation sites (N-methyl/N-ethyl adjacent to an activating group) is 1. The fraction of sp³-hybridized carbons (Fsp3) is 0.467. The molecule has 1 heterocycles. The van der Waals surface area contributed by atoms with Gasteiger partial charge < -0.3 is 5.32 Å². The predicted molar refractivity (Wildman–Crippen MR) is 77.1 cm³/mol. The highest BCUT2D eigenvalue weighted by Crippen LogP contribution is 2.16. The monoisotopic (exact) mass is 258 g/mol. The second-order valence-electron chi connectivity index (χ2n) is 4.82. The second-order valence-corrected chi connectivity index (χ2v) is 4.82. The SMILES string of the molecule is CCc1ccc(C(Cn2nc(C)nc2C)NC)cc1. The van der Waals surface area contributed by atoms with Gasteiger partial charge in [-0.2, -0.15) is 5.10 Å². The third kappa shape index (κ3) is 3.20. The molecule has 0 spiro atoms. The third-order valence-electron chi connectivity index (χ3n) is 3.46. The normalized spacial score (nSPS) is 12.6. The van der Waals surface area contributed by atoms with Crippen molar-refractivity contribution in [1.29, 1.82) is 0 Å². The van der Waals surface area contributed by atoms with Crippen LogP contribution in [0.25, 0.3) is 0 Å². The quantitative estimate of drug-likeness (QED) is 0.895. The van der Waals surface area contributed by atoms with Crippen LogP contribution in [0.4, 0.5) is 0 Å². The summed E-state index contributed by atoms with van der Waals surface area (Å²) in [6.45, 7) is 6.89. The lowest BCUT2D eigenvalue weighted by Crippen LogP contribution is -2.23. The largest absolute Gasteiger partial charge is 0.311 e. The lowest BCUT2D eigenvalue weighted by Gasteiger charge is -2.17. The Labute approximate surface area is 114 Å². The maximum atomic E-state index is 4.42. The number of hydrogen-bond donors (Lipinski definition) is 1. The summed E-state index contributed by atoms with van der Waals surface area (Å²) in [5.41, 5.74) is 2.65. The van der Waals surface area contributed by atoms with Crippen LogP contribution in [0.15, 0.2) is 24.3 Å². The molecule has 0 fully saturated rings. The summed E-state index contributed by atoms with van der Waals surface area (Å²) >= 11 is 0. The zero-order chi connectivity index (χ0) is 13.8. The Hall–Kier alpha value is -1.68. The molecule has 0 amide bonds. The number of nitrogens with zero attached hydrogens (tertiary/aromatic N) is 3. The molecular formula is C15H22N4. The van der Waals surface area contributed by atoms with Gasteiger partial charge in [-0.1, -0.05) is 31.2 Å². The molecule has 0 aliphatic heterocycles. The first-order valence-electron chi connectivity index (χ1n) is 6.78. The van der Waals surface area contributed by atoms with Crippen LogP contribution in [-0.2, 0) is 13.0 Å². The number of nitrogens with one attached hydrogen (secondary N) is 1. The van der Waals surface area contributed by atoms with Crippen LogP contribution in [0, 0.1) is 13.8 Å². The van der Waals surface area contributed by atoms with Gasteiger partial charge in [-0.3, -0.25) is 0 Å². The fourth-order valence-electron chi connectivity index (χ4n) is 2.26. The van der Waals surface area contributed by atoms with Gasteiger partial charge in [0, 0.05) is 0 Å². The van der Waals surface area contributed by atoms with E-state index < -0.39 is 0 Å². The number of hydrogen-bond acceptors (Lipinski definition) is 3. The maximum Gasteiger partial charge on any atom is 0.147 e. The Morgan fingerprint density at radius 2 is 1.89 bits per heavy atom. The highest BCUT2D eigenvalue weighted by molar-refractivity contribution is 5.25. The van der Waals surface area contributed by atoms with Crippen molar-refractivity contribution in [1.82, 2.24) is 20.1 Å². The topological polar surface area (TPSA) is 42.7 Å². The molecule has 0 saturated heterocycles. The minimum Gasteiger partial charge on any atom is -0.311 e. The van der Waals surface area contributed by atoms with Gasteiger partial charge in [-0.15, -0.1) is 0 Å². The van der Waals surface area contributed by atoms with Gasteiger partial charge in [0.15, 0.2) is 0 Å². The maximum absolute atomic E-state index is 4.42. The number of aromatic nitrogens is 3. The molecule has 0 bridgehead atoms. The third-order valence-corrected chi connectivity index (χ3v) is 3.46. The van der Waals surface area contributed by atoms with Crippen molar-refractivity contribution in [2.45, 2.75) is 39.8 Å². The molecule has 19 heavy (non-hydrogen) atoms. The first-order chi connectivity index (χ1) is 9.13. The zero-order valence-corrected chi connectivity index (χ0v) is 12.1. The van der Waals surface area contributed by atoms with Gasteiger partial charge in [-0.05, 0) is 38.4 Å². The van der Waals surface area contributed by atoms with Crippen LogP contribution in [-0.4, -0.2) is 21.8 Å². The molecule has 102 valence electrons. The van der Waals surface area contributed by atoms with Crippen molar-refractivity contribution >= 4 is 0 Å². The summed E-state index contributed by atoms with van der Waals surface area (Å²) in [5, 5.41) is 7.77. The average Bonchev–Trinajstić information content (AvgIpc) is 2.74. The van der Waals surface area contributed by atoms with Gasteiger partial charge >= 0.3 is 0 Å². The molecule has 0 aliphatic rings. The molecule has 1 unspecified atom stereocenters. The molecular weight excluding hydrogens is 236 g/mol. The van der Waals surface area contributed by atoms with Crippen LogP contribution in [0.1, 0.15) is 35.7 Å². The van der Waals surface area contributed by atoms with E-state index in [2.05, 4.69) is 46.6 Å². The van der Waals surface area contributed by atoms with E-state index in [1.807, 2.05) is 25.6 Å². The van der Waals surface area contributed by atoms with Crippen LogP contribution in [0.3, 0.4) is 0 Å². The molecule has 2 rings (SSSR count).